The molecule has 0 aromatic carbocycles. The van der Waals surface area contributed by atoms with Crippen molar-refractivity contribution >= 4 is 11.9 Å². The molecule has 9 heteroatoms. The molecular weight excluding hydrogens is 372 g/mol. The summed E-state index contributed by atoms with van der Waals surface area (Å²) in [4.78, 5) is 29.4. The molecule has 150 valence electrons. The molecule has 2 aromatic heterocycles. The van der Waals surface area contributed by atoms with Crippen molar-refractivity contribution < 1.29 is 14.6 Å². The van der Waals surface area contributed by atoms with E-state index in [0.29, 0.717) is 62.0 Å². The van der Waals surface area contributed by atoms with Crippen LogP contribution in [0.2, 0.25) is 0 Å². The molecule has 4 heterocycles. The minimum atomic E-state index is -0.812. The number of aliphatic hydroxyl groups is 1. The maximum Gasteiger partial charge on any atom is 0.228 e. The zero-order valence-electron chi connectivity index (χ0n) is 16.2. The van der Waals surface area contributed by atoms with Crippen molar-refractivity contribution in [1.29, 1.82) is 5.26 Å². The standard InChI is InChI=1S/C20H22N6O3/c1-13-7-23-20(24-8-13)26-3-2-16(17(27)12-26)19(28)25-4-5-29-18-14(6-21)9-22-10-15(18)11-25/h7-10,16-17,27H,2-5,11-12H2,1H3. The van der Waals surface area contributed by atoms with Crippen molar-refractivity contribution in [2.24, 2.45) is 5.92 Å². The highest BCUT2D eigenvalue weighted by Gasteiger charge is 2.37. The van der Waals surface area contributed by atoms with Crippen molar-refractivity contribution in [1.82, 2.24) is 19.9 Å². The number of aryl methyl sites for hydroxylation is 1. The summed E-state index contributed by atoms with van der Waals surface area (Å²) in [7, 11) is 0. The minimum absolute atomic E-state index is 0.110. The van der Waals surface area contributed by atoms with Crippen LogP contribution < -0.4 is 9.64 Å². The molecule has 0 saturated carbocycles. The average Bonchev–Trinajstić information content (AvgIpc) is 2.96. The summed E-state index contributed by atoms with van der Waals surface area (Å²) in [5.41, 5.74) is 2.04. The number of hydrogen-bond acceptors (Lipinski definition) is 8. The second kappa shape index (κ2) is 8.01. The number of ether oxygens (including phenoxy) is 1. The van der Waals surface area contributed by atoms with E-state index in [0.717, 1.165) is 5.56 Å². The second-order valence-electron chi connectivity index (χ2n) is 7.36. The van der Waals surface area contributed by atoms with E-state index in [9.17, 15) is 15.2 Å². The molecule has 1 N–H and O–H groups in total. The van der Waals surface area contributed by atoms with E-state index >= 15 is 0 Å². The lowest BCUT2D eigenvalue weighted by Crippen LogP contribution is -2.51. The fourth-order valence-corrected chi connectivity index (χ4v) is 3.77. The summed E-state index contributed by atoms with van der Waals surface area (Å²) in [6.07, 6.45) is 6.26. The van der Waals surface area contributed by atoms with Crippen LogP contribution in [-0.4, -0.2) is 63.2 Å². The van der Waals surface area contributed by atoms with E-state index in [1.165, 1.54) is 6.20 Å². The lowest BCUT2D eigenvalue weighted by molar-refractivity contribution is -0.140. The van der Waals surface area contributed by atoms with Crippen molar-refractivity contribution in [3.05, 3.63) is 41.5 Å². The number of carbonyl (C=O) groups excluding carboxylic acids is 1. The Bertz CT molecular complexity index is 942. The lowest BCUT2D eigenvalue weighted by atomic mass is 9.92. The Labute approximate surface area is 168 Å². The van der Waals surface area contributed by atoms with Crippen LogP contribution in [0.4, 0.5) is 5.95 Å². The summed E-state index contributed by atoms with van der Waals surface area (Å²) < 4.78 is 5.71. The first-order valence-corrected chi connectivity index (χ1v) is 9.57. The van der Waals surface area contributed by atoms with Gasteiger partial charge in [0.25, 0.3) is 0 Å². The SMILES string of the molecule is Cc1cnc(N2CCC(C(=O)N3CCOc4c(C#N)cncc4C3)C(O)C2)nc1. The number of β-amino-alcohol motifs (C(OH)–C–C–N with tert-alkyl or cyclic N) is 1. The highest BCUT2D eigenvalue weighted by atomic mass is 16.5. The van der Waals surface area contributed by atoms with E-state index in [4.69, 9.17) is 4.74 Å². The van der Waals surface area contributed by atoms with Crippen molar-refractivity contribution in [3.63, 3.8) is 0 Å². The zero-order valence-corrected chi connectivity index (χ0v) is 16.2. The van der Waals surface area contributed by atoms with E-state index in [1.807, 2.05) is 11.8 Å². The largest absolute Gasteiger partial charge is 0.490 e. The van der Waals surface area contributed by atoms with Crippen LogP contribution in [0.15, 0.2) is 24.8 Å². The Morgan fingerprint density at radius 2 is 2.07 bits per heavy atom. The molecule has 0 bridgehead atoms. The molecule has 2 aliphatic rings. The van der Waals surface area contributed by atoms with Crippen molar-refractivity contribution in [2.45, 2.75) is 26.0 Å². The number of nitrogens with zero attached hydrogens (tertiary/aromatic N) is 6. The molecule has 2 unspecified atom stereocenters. The van der Waals surface area contributed by atoms with Gasteiger partial charge in [-0.25, -0.2) is 9.97 Å². The normalized spacial score (nSPS) is 21.6. The maximum absolute atomic E-state index is 13.1. The molecule has 0 aliphatic carbocycles. The molecule has 29 heavy (non-hydrogen) atoms. The van der Waals surface area contributed by atoms with E-state index in [1.54, 1.807) is 23.5 Å². The van der Waals surface area contributed by atoms with Gasteiger partial charge in [-0.1, -0.05) is 0 Å². The lowest BCUT2D eigenvalue weighted by Gasteiger charge is -2.37. The van der Waals surface area contributed by atoms with Gasteiger partial charge < -0.3 is 19.6 Å². The summed E-state index contributed by atoms with van der Waals surface area (Å²) in [5.74, 6) is 0.448. The summed E-state index contributed by atoms with van der Waals surface area (Å²) in [6, 6.07) is 2.07. The number of rotatable bonds is 2. The van der Waals surface area contributed by atoms with E-state index < -0.39 is 12.0 Å². The predicted molar refractivity (Wildman–Crippen MR) is 103 cm³/mol. The maximum atomic E-state index is 13.1. The first-order valence-electron chi connectivity index (χ1n) is 9.57. The molecule has 1 saturated heterocycles. The van der Waals surface area contributed by atoms with Gasteiger partial charge in [0.1, 0.15) is 24.0 Å². The Kier molecular flexibility index (Phi) is 5.27. The molecule has 0 radical (unpaired) electrons. The van der Waals surface area contributed by atoms with Gasteiger partial charge in [-0.15, -0.1) is 0 Å². The van der Waals surface area contributed by atoms with E-state index in [-0.39, 0.29) is 5.91 Å². The van der Waals surface area contributed by atoms with Crippen LogP contribution in [0.25, 0.3) is 0 Å². The Morgan fingerprint density at radius 1 is 1.28 bits per heavy atom. The van der Waals surface area contributed by atoms with Crippen LogP contribution in [0, 0.1) is 24.2 Å². The van der Waals surface area contributed by atoms with E-state index in [2.05, 4.69) is 21.0 Å². The minimum Gasteiger partial charge on any atom is -0.490 e. The van der Waals surface area contributed by atoms with Crippen LogP contribution in [0.5, 0.6) is 5.75 Å². The van der Waals surface area contributed by atoms with Gasteiger partial charge >= 0.3 is 0 Å². The number of aromatic nitrogens is 3. The molecule has 1 amide bonds. The van der Waals surface area contributed by atoms with Crippen LogP contribution >= 0.6 is 0 Å². The molecule has 0 spiro atoms. The Hall–Kier alpha value is -3.25. The molecule has 2 atom stereocenters. The number of anilines is 1. The number of nitriles is 1. The number of carbonyl (C=O) groups is 1. The summed E-state index contributed by atoms with van der Waals surface area (Å²) in [5, 5.41) is 19.9. The van der Waals surface area contributed by atoms with Gasteiger partial charge in [0, 0.05) is 43.4 Å². The Morgan fingerprint density at radius 3 is 2.79 bits per heavy atom. The molecule has 1 fully saturated rings. The zero-order chi connectivity index (χ0) is 20.4. The topological polar surface area (TPSA) is 115 Å². The van der Waals surface area contributed by atoms with Crippen LogP contribution in [0.3, 0.4) is 0 Å². The van der Waals surface area contributed by atoms with Gasteiger partial charge in [-0.3, -0.25) is 9.78 Å². The molecule has 4 rings (SSSR count). The van der Waals surface area contributed by atoms with Crippen LogP contribution in [0.1, 0.15) is 23.1 Å². The molecule has 2 aromatic rings. The fraction of sp³-hybridized carbons (Fsp3) is 0.450. The van der Waals surface area contributed by atoms with Gasteiger partial charge in [0.2, 0.25) is 11.9 Å². The van der Waals surface area contributed by atoms with Gasteiger partial charge in [-0.05, 0) is 18.9 Å². The smallest absolute Gasteiger partial charge is 0.228 e. The second-order valence-corrected chi connectivity index (χ2v) is 7.36. The number of aliphatic hydroxyl groups excluding tert-OH is 1. The quantitative estimate of drug-likeness (QED) is 0.790. The first-order chi connectivity index (χ1) is 14.1. The third-order valence-electron chi connectivity index (χ3n) is 5.32. The predicted octanol–water partition coefficient (Wildman–Crippen LogP) is 0.660. The summed E-state index contributed by atoms with van der Waals surface area (Å²) in [6.45, 7) is 3.82. The third-order valence-corrected chi connectivity index (χ3v) is 5.32. The van der Waals surface area contributed by atoms with Gasteiger partial charge in [0.15, 0.2) is 0 Å². The number of amides is 1. The average molecular weight is 394 g/mol. The van der Waals surface area contributed by atoms with Crippen molar-refractivity contribution in [2.75, 3.05) is 31.1 Å². The summed E-state index contributed by atoms with van der Waals surface area (Å²) >= 11 is 0. The fourth-order valence-electron chi connectivity index (χ4n) is 3.77. The Balaban J connectivity index is 1.46. The van der Waals surface area contributed by atoms with Crippen molar-refractivity contribution in [3.8, 4) is 11.8 Å². The number of pyridine rings is 1. The number of fused-ring (bicyclic) bond motifs is 1. The number of piperidine rings is 1. The van der Waals surface area contributed by atoms with Gasteiger partial charge in [0.05, 0.1) is 25.1 Å². The molecule has 9 nitrogen and oxygen atoms in total. The number of hydrogen-bond donors (Lipinski definition) is 1. The monoisotopic (exact) mass is 394 g/mol. The van der Waals surface area contributed by atoms with Gasteiger partial charge in [-0.2, -0.15) is 5.26 Å². The van der Waals surface area contributed by atoms with Crippen LogP contribution in [-0.2, 0) is 11.3 Å². The third kappa shape index (κ3) is 3.84. The highest BCUT2D eigenvalue weighted by Crippen LogP contribution is 2.28. The molecule has 2 aliphatic heterocycles. The molecular formula is C20H22N6O3. The highest BCUT2D eigenvalue weighted by molar-refractivity contribution is 5.80. The first kappa shape index (κ1) is 19.1.